The lowest BCUT2D eigenvalue weighted by atomic mass is 9.96. The van der Waals surface area contributed by atoms with Crippen LogP contribution in [0, 0.1) is 0 Å². The van der Waals surface area contributed by atoms with Gasteiger partial charge in [0.25, 0.3) is 0 Å². The number of amides is 2. The summed E-state index contributed by atoms with van der Waals surface area (Å²) >= 11 is 0. The van der Waals surface area contributed by atoms with Crippen LogP contribution >= 0.6 is 0 Å². The monoisotopic (exact) mass is 274 g/mol. The van der Waals surface area contributed by atoms with E-state index in [1.807, 2.05) is 12.1 Å². The molecule has 20 heavy (non-hydrogen) atoms. The Morgan fingerprint density at radius 2 is 2.00 bits per heavy atom. The van der Waals surface area contributed by atoms with Crippen molar-refractivity contribution < 1.29 is 19.1 Å². The molecule has 6 nitrogen and oxygen atoms in total. The van der Waals surface area contributed by atoms with Crippen molar-refractivity contribution >= 4 is 12.0 Å². The van der Waals surface area contributed by atoms with E-state index in [1.165, 1.54) is 4.90 Å². The van der Waals surface area contributed by atoms with Gasteiger partial charge in [0.15, 0.2) is 0 Å². The zero-order chi connectivity index (χ0) is 14.3. The largest absolute Gasteiger partial charge is 0.497 e. The fourth-order valence-corrected chi connectivity index (χ4v) is 2.43. The number of hydrogen-bond donors (Lipinski definition) is 1. The van der Waals surface area contributed by atoms with Gasteiger partial charge < -0.3 is 14.8 Å². The van der Waals surface area contributed by atoms with Crippen LogP contribution in [-0.2, 0) is 9.53 Å². The molecule has 3 rings (SSSR count). The number of esters is 1. The maximum absolute atomic E-state index is 11.9. The zero-order valence-corrected chi connectivity index (χ0v) is 11.2. The van der Waals surface area contributed by atoms with Crippen LogP contribution in [0.25, 0.3) is 0 Å². The number of methoxy groups -OCH3 is 1. The van der Waals surface area contributed by atoms with Crippen LogP contribution in [0.1, 0.15) is 11.6 Å². The van der Waals surface area contributed by atoms with E-state index in [2.05, 4.69) is 5.32 Å². The number of nitrogens with zero attached hydrogens (tertiary/aromatic N) is 1. The van der Waals surface area contributed by atoms with Crippen LogP contribution in [-0.4, -0.2) is 37.7 Å². The normalized spacial score (nSPS) is 21.5. The van der Waals surface area contributed by atoms with Gasteiger partial charge in [0, 0.05) is 7.05 Å². The molecule has 0 bridgehead atoms. The highest BCUT2D eigenvalue weighted by Gasteiger charge is 2.40. The first kappa shape index (κ1) is 12.5. The Hall–Kier alpha value is -2.50. The molecule has 1 aromatic rings. The Morgan fingerprint density at radius 1 is 1.30 bits per heavy atom. The van der Waals surface area contributed by atoms with Crippen LogP contribution in [0.4, 0.5) is 4.79 Å². The molecule has 0 saturated heterocycles. The van der Waals surface area contributed by atoms with Gasteiger partial charge in [-0.1, -0.05) is 12.1 Å². The molecule has 0 fully saturated rings. The van der Waals surface area contributed by atoms with Crippen LogP contribution in [0.2, 0.25) is 0 Å². The number of hydrogen-bond acceptors (Lipinski definition) is 4. The summed E-state index contributed by atoms with van der Waals surface area (Å²) in [6, 6.07) is 6.51. The molecule has 104 valence electrons. The molecule has 0 spiro atoms. The number of carbonyl (C=O) groups excluding carboxylic acids is 2. The quantitative estimate of drug-likeness (QED) is 0.823. The summed E-state index contributed by atoms with van der Waals surface area (Å²) in [5.74, 6) is 0.337. The Labute approximate surface area is 116 Å². The molecular formula is C14H14N2O4. The van der Waals surface area contributed by atoms with Crippen molar-refractivity contribution in [2.24, 2.45) is 0 Å². The molecule has 0 radical (unpaired) electrons. The molecule has 1 aromatic carbocycles. The minimum absolute atomic E-state index is 0.144. The second kappa shape index (κ2) is 4.56. The molecule has 2 aliphatic rings. The summed E-state index contributed by atoms with van der Waals surface area (Å²) in [6.07, 6.45) is 0. The topological polar surface area (TPSA) is 67.9 Å². The molecule has 0 aromatic heterocycles. The first-order valence-electron chi connectivity index (χ1n) is 6.20. The molecule has 2 heterocycles. The van der Waals surface area contributed by atoms with Crippen molar-refractivity contribution in [1.29, 1.82) is 0 Å². The van der Waals surface area contributed by atoms with Gasteiger partial charge in [-0.3, -0.25) is 4.90 Å². The van der Waals surface area contributed by atoms with Gasteiger partial charge in [-0.25, -0.2) is 9.59 Å². The van der Waals surface area contributed by atoms with Gasteiger partial charge in [0.1, 0.15) is 12.4 Å². The van der Waals surface area contributed by atoms with Gasteiger partial charge in [0.05, 0.1) is 24.4 Å². The average Bonchev–Trinajstić information content (AvgIpc) is 2.85. The Bertz CT molecular complexity index is 606. The summed E-state index contributed by atoms with van der Waals surface area (Å²) in [5, 5.41) is 2.81. The lowest BCUT2D eigenvalue weighted by Gasteiger charge is -2.30. The van der Waals surface area contributed by atoms with E-state index in [0.29, 0.717) is 11.3 Å². The highest BCUT2D eigenvalue weighted by Crippen LogP contribution is 2.34. The molecule has 2 aliphatic heterocycles. The summed E-state index contributed by atoms with van der Waals surface area (Å²) < 4.78 is 10.1. The molecule has 6 heteroatoms. The maximum atomic E-state index is 11.9. The van der Waals surface area contributed by atoms with Crippen molar-refractivity contribution in [2.75, 3.05) is 20.8 Å². The van der Waals surface area contributed by atoms with E-state index in [1.54, 1.807) is 26.3 Å². The predicted octanol–water partition coefficient (Wildman–Crippen LogP) is 1.20. The molecule has 0 saturated carbocycles. The van der Waals surface area contributed by atoms with Crippen molar-refractivity contribution in [2.45, 2.75) is 6.04 Å². The standard InChI is InChI=1S/C14H14N2O4/c1-16-10-7-20-13(17)11(10)12(15-14(16)18)8-3-5-9(19-2)6-4-8/h3-6,12H,7H2,1-2H3,(H,15,18)/t12-/m1/s1. The lowest BCUT2D eigenvalue weighted by molar-refractivity contribution is -0.136. The van der Waals surface area contributed by atoms with E-state index in [4.69, 9.17) is 9.47 Å². The Kier molecular flexibility index (Phi) is 2.85. The molecule has 2 amide bonds. The Morgan fingerprint density at radius 3 is 2.65 bits per heavy atom. The van der Waals surface area contributed by atoms with Gasteiger partial charge >= 0.3 is 12.0 Å². The fourth-order valence-electron chi connectivity index (χ4n) is 2.43. The minimum Gasteiger partial charge on any atom is -0.497 e. The van der Waals surface area contributed by atoms with E-state index in [-0.39, 0.29) is 18.6 Å². The van der Waals surface area contributed by atoms with Crippen LogP contribution < -0.4 is 10.1 Å². The summed E-state index contributed by atoms with van der Waals surface area (Å²) in [4.78, 5) is 25.2. The average molecular weight is 274 g/mol. The predicted molar refractivity (Wildman–Crippen MR) is 70.0 cm³/mol. The van der Waals surface area contributed by atoms with E-state index in [9.17, 15) is 9.59 Å². The number of benzene rings is 1. The SMILES string of the molecule is COc1ccc([C@H]2NC(=O)N(C)C3=C2C(=O)OC3)cc1. The van der Waals surface area contributed by atoms with Gasteiger partial charge in [-0.15, -0.1) is 0 Å². The first-order valence-corrected chi connectivity index (χ1v) is 6.20. The highest BCUT2D eigenvalue weighted by atomic mass is 16.5. The van der Waals surface area contributed by atoms with E-state index >= 15 is 0 Å². The number of rotatable bonds is 2. The second-order valence-corrected chi connectivity index (χ2v) is 4.65. The number of cyclic esters (lactones) is 1. The summed E-state index contributed by atoms with van der Waals surface area (Å²) in [6.45, 7) is 0.144. The molecule has 0 aliphatic carbocycles. The lowest BCUT2D eigenvalue weighted by Crippen LogP contribution is -2.45. The summed E-state index contributed by atoms with van der Waals surface area (Å²) in [7, 11) is 3.21. The van der Waals surface area contributed by atoms with E-state index in [0.717, 1.165) is 11.3 Å². The molecular weight excluding hydrogens is 260 g/mol. The highest BCUT2D eigenvalue weighted by molar-refractivity contribution is 5.97. The van der Waals surface area contributed by atoms with Crippen LogP contribution in [0.5, 0.6) is 5.75 Å². The number of nitrogens with one attached hydrogen (secondary N) is 1. The third kappa shape index (κ3) is 1.80. The molecule has 1 atom stereocenters. The smallest absolute Gasteiger partial charge is 0.338 e. The number of ether oxygens (including phenoxy) is 2. The van der Waals surface area contributed by atoms with Crippen LogP contribution in [0.15, 0.2) is 35.5 Å². The Balaban J connectivity index is 2.03. The van der Waals surface area contributed by atoms with Crippen molar-refractivity contribution in [1.82, 2.24) is 10.2 Å². The minimum atomic E-state index is -0.477. The summed E-state index contributed by atoms with van der Waals surface area (Å²) in [5.41, 5.74) is 1.94. The second-order valence-electron chi connectivity index (χ2n) is 4.65. The van der Waals surface area contributed by atoms with Gasteiger partial charge in [-0.05, 0) is 17.7 Å². The fraction of sp³-hybridized carbons (Fsp3) is 0.286. The molecule has 1 N–H and O–H groups in total. The van der Waals surface area contributed by atoms with E-state index < -0.39 is 6.04 Å². The third-order valence-electron chi connectivity index (χ3n) is 3.59. The van der Waals surface area contributed by atoms with Crippen molar-refractivity contribution in [3.63, 3.8) is 0 Å². The third-order valence-corrected chi connectivity index (χ3v) is 3.59. The number of carbonyl (C=O) groups is 2. The van der Waals surface area contributed by atoms with Gasteiger partial charge in [0.2, 0.25) is 0 Å². The molecule has 0 unspecified atom stereocenters. The van der Waals surface area contributed by atoms with Gasteiger partial charge in [-0.2, -0.15) is 0 Å². The number of urea groups is 1. The number of likely N-dealkylation sites (N-methyl/N-ethyl adjacent to an activating group) is 1. The van der Waals surface area contributed by atoms with Crippen molar-refractivity contribution in [3.8, 4) is 5.75 Å². The van der Waals surface area contributed by atoms with Crippen LogP contribution in [0.3, 0.4) is 0 Å². The van der Waals surface area contributed by atoms with Crippen molar-refractivity contribution in [3.05, 3.63) is 41.1 Å². The first-order chi connectivity index (χ1) is 9.61. The zero-order valence-electron chi connectivity index (χ0n) is 11.2. The maximum Gasteiger partial charge on any atom is 0.338 e.